The Morgan fingerprint density at radius 3 is 2.58 bits per heavy atom. The molecule has 1 N–H and O–H groups in total. The predicted molar refractivity (Wildman–Crippen MR) is 140 cm³/mol. The molecule has 0 spiro atoms. The number of benzene rings is 2. The van der Waals surface area contributed by atoms with Crippen molar-refractivity contribution in [3.8, 4) is 22.9 Å². The van der Waals surface area contributed by atoms with Gasteiger partial charge in [-0.25, -0.2) is 0 Å². The molecule has 8 nitrogen and oxygen atoms in total. The summed E-state index contributed by atoms with van der Waals surface area (Å²) in [6.07, 6.45) is -1.31. The summed E-state index contributed by atoms with van der Waals surface area (Å²) in [5.41, 5.74) is 1.17. The standard InChI is InChI=1S/C27H20F4N4O4S/c1-2-3-6-35-22-9-19(16-8-17(13-33-12-16)40(31,37)38)23(39-14-27(28,29)30)10-20(22)25(36)24-18-5-4-15(11-32)7-21(18)34-26(24)35/h4-5,7-10,12-13,34H,2-3,6,14H2,1H3. The molecule has 0 saturated heterocycles. The summed E-state index contributed by atoms with van der Waals surface area (Å²) in [5, 5.41) is 10.2. The molecule has 0 bridgehead atoms. The van der Waals surface area contributed by atoms with Gasteiger partial charge < -0.3 is 14.3 Å². The van der Waals surface area contributed by atoms with Crippen molar-refractivity contribution in [2.24, 2.45) is 0 Å². The Labute approximate surface area is 224 Å². The number of fused-ring (bicyclic) bond motifs is 4. The smallest absolute Gasteiger partial charge is 0.422 e. The van der Waals surface area contributed by atoms with Crippen molar-refractivity contribution in [2.45, 2.75) is 37.4 Å². The Morgan fingerprint density at radius 1 is 1.12 bits per heavy atom. The number of hydrogen-bond acceptors (Lipinski definition) is 6. The van der Waals surface area contributed by atoms with Crippen LogP contribution in [0, 0.1) is 11.3 Å². The Kier molecular flexibility index (Phi) is 6.75. The Hall–Kier alpha value is -4.44. The fourth-order valence-electron chi connectivity index (χ4n) is 4.67. The summed E-state index contributed by atoms with van der Waals surface area (Å²) in [6, 6.07) is 10.4. The van der Waals surface area contributed by atoms with Crippen LogP contribution >= 0.6 is 0 Å². The first-order valence-electron chi connectivity index (χ1n) is 12.1. The average molecular weight is 573 g/mol. The highest BCUT2D eigenvalue weighted by Crippen LogP contribution is 2.37. The number of halogens is 4. The normalized spacial score (nSPS) is 12.3. The minimum atomic E-state index is -5.17. The van der Waals surface area contributed by atoms with Crippen molar-refractivity contribution < 1.29 is 30.2 Å². The molecular formula is C27H20F4N4O4S. The van der Waals surface area contributed by atoms with E-state index in [1.54, 1.807) is 18.2 Å². The molecule has 0 fully saturated rings. The van der Waals surface area contributed by atoms with Gasteiger partial charge in [-0.15, -0.1) is 3.89 Å². The maximum Gasteiger partial charge on any atom is 0.422 e. The molecule has 0 amide bonds. The number of nitrogens with one attached hydrogen (secondary N) is 1. The zero-order valence-corrected chi connectivity index (χ0v) is 21.7. The SMILES string of the molecule is CCCCn1c2cc(-c3cncc(S(=O)(=O)F)c3)c(OCC(F)(F)F)cc2c(=O)c2c3ccc(C#N)cc3[nH]c21. The van der Waals surface area contributed by atoms with Crippen LogP contribution in [0.2, 0.25) is 0 Å². The zero-order chi connectivity index (χ0) is 28.8. The largest absolute Gasteiger partial charge is 0.483 e. The highest BCUT2D eigenvalue weighted by Gasteiger charge is 2.30. The summed E-state index contributed by atoms with van der Waals surface area (Å²) < 4.78 is 83.1. The fourth-order valence-corrected chi connectivity index (χ4v) is 5.12. The van der Waals surface area contributed by atoms with E-state index in [-0.39, 0.29) is 22.3 Å². The third-order valence-electron chi connectivity index (χ3n) is 6.47. The van der Waals surface area contributed by atoms with Crippen molar-refractivity contribution >= 4 is 43.1 Å². The number of ether oxygens (including phenoxy) is 1. The van der Waals surface area contributed by atoms with E-state index >= 15 is 0 Å². The van der Waals surface area contributed by atoms with E-state index in [2.05, 4.69) is 9.97 Å². The quantitative estimate of drug-likeness (QED) is 0.190. The van der Waals surface area contributed by atoms with Gasteiger partial charge in [-0.1, -0.05) is 19.4 Å². The van der Waals surface area contributed by atoms with Crippen molar-refractivity contribution in [3.05, 3.63) is 64.6 Å². The van der Waals surface area contributed by atoms with Crippen molar-refractivity contribution in [3.63, 3.8) is 0 Å². The van der Waals surface area contributed by atoms with Gasteiger partial charge in [0.15, 0.2) is 12.0 Å². The monoisotopic (exact) mass is 572 g/mol. The molecule has 0 saturated carbocycles. The first-order valence-corrected chi connectivity index (χ1v) is 13.5. The van der Waals surface area contributed by atoms with Gasteiger partial charge in [0.25, 0.3) is 0 Å². The Balaban J connectivity index is 1.89. The van der Waals surface area contributed by atoms with Crippen molar-refractivity contribution in [1.29, 1.82) is 5.26 Å². The van der Waals surface area contributed by atoms with Gasteiger partial charge in [-0.2, -0.15) is 26.9 Å². The van der Waals surface area contributed by atoms with E-state index in [1.807, 2.05) is 17.6 Å². The molecule has 3 aromatic heterocycles. The number of hydrogen-bond donors (Lipinski definition) is 1. The molecule has 0 unspecified atom stereocenters. The number of unbranched alkanes of at least 4 members (excludes halogenated alkanes) is 1. The second-order valence-corrected chi connectivity index (χ2v) is 10.5. The van der Waals surface area contributed by atoms with Crippen LogP contribution in [0.4, 0.5) is 17.1 Å². The topological polar surface area (TPSA) is 118 Å². The van der Waals surface area contributed by atoms with Gasteiger partial charge in [-0.3, -0.25) is 9.78 Å². The Bertz CT molecular complexity index is 2010. The summed E-state index contributed by atoms with van der Waals surface area (Å²) in [5.74, 6) is -0.356. The van der Waals surface area contributed by atoms with Crippen LogP contribution in [-0.4, -0.2) is 35.7 Å². The number of nitrogens with zero attached hydrogens (tertiary/aromatic N) is 3. The number of aromatic amines is 1. The number of aryl methyl sites for hydroxylation is 1. The third kappa shape index (κ3) is 4.98. The maximum absolute atomic E-state index is 13.8. The van der Waals surface area contributed by atoms with Crippen LogP contribution in [0.3, 0.4) is 0 Å². The van der Waals surface area contributed by atoms with E-state index < -0.39 is 33.3 Å². The zero-order valence-electron chi connectivity index (χ0n) is 20.8. The van der Waals surface area contributed by atoms with Gasteiger partial charge in [0.1, 0.15) is 16.3 Å². The molecule has 206 valence electrons. The number of alkyl halides is 3. The third-order valence-corrected chi connectivity index (χ3v) is 7.26. The van der Waals surface area contributed by atoms with Crippen LogP contribution in [0.15, 0.2) is 58.5 Å². The average Bonchev–Trinajstić information content (AvgIpc) is 3.29. The molecule has 5 aromatic rings. The lowest BCUT2D eigenvalue weighted by molar-refractivity contribution is -0.153. The molecule has 3 heterocycles. The van der Waals surface area contributed by atoms with Gasteiger partial charge in [0.2, 0.25) is 0 Å². The first-order chi connectivity index (χ1) is 18.9. The maximum atomic E-state index is 13.8. The predicted octanol–water partition coefficient (Wildman–Crippen LogP) is 5.97. The second kappa shape index (κ2) is 9.95. The highest BCUT2D eigenvalue weighted by molar-refractivity contribution is 7.86. The number of aromatic nitrogens is 3. The molecule has 0 atom stereocenters. The van der Waals surface area contributed by atoms with Crippen LogP contribution in [0.5, 0.6) is 5.75 Å². The molecule has 0 aliphatic heterocycles. The van der Waals surface area contributed by atoms with Crippen molar-refractivity contribution in [2.75, 3.05) is 6.61 Å². The summed E-state index contributed by atoms with van der Waals surface area (Å²) >= 11 is 0. The van der Waals surface area contributed by atoms with Gasteiger partial charge in [0, 0.05) is 41.0 Å². The summed E-state index contributed by atoms with van der Waals surface area (Å²) in [4.78, 5) is 20.0. The van der Waals surface area contributed by atoms with E-state index in [0.29, 0.717) is 46.0 Å². The Morgan fingerprint density at radius 2 is 1.90 bits per heavy atom. The number of nitriles is 1. The summed E-state index contributed by atoms with van der Waals surface area (Å²) in [6.45, 7) is 0.701. The lowest BCUT2D eigenvalue weighted by atomic mass is 10.0. The first kappa shape index (κ1) is 27.1. The second-order valence-electron chi connectivity index (χ2n) is 9.17. The van der Waals surface area contributed by atoms with E-state index in [0.717, 1.165) is 24.9 Å². The van der Waals surface area contributed by atoms with Gasteiger partial charge >= 0.3 is 16.4 Å². The van der Waals surface area contributed by atoms with E-state index in [4.69, 9.17) is 4.74 Å². The van der Waals surface area contributed by atoms with E-state index in [9.17, 15) is 35.5 Å². The molecule has 0 aliphatic carbocycles. The van der Waals surface area contributed by atoms with Gasteiger partial charge in [-0.05, 0) is 36.8 Å². The molecule has 2 aromatic carbocycles. The summed E-state index contributed by atoms with van der Waals surface area (Å²) in [7, 11) is -5.17. The van der Waals surface area contributed by atoms with E-state index in [1.165, 1.54) is 12.1 Å². The molecule has 0 aliphatic rings. The minimum Gasteiger partial charge on any atom is -0.483 e. The molecule has 0 radical (unpaired) electrons. The molecular weight excluding hydrogens is 552 g/mol. The number of H-pyrrole nitrogens is 1. The van der Waals surface area contributed by atoms with Gasteiger partial charge in [0.05, 0.1) is 27.9 Å². The number of pyridine rings is 2. The van der Waals surface area contributed by atoms with Crippen LogP contribution in [-0.2, 0) is 16.8 Å². The number of rotatable bonds is 7. The molecule has 5 rings (SSSR count). The molecule has 40 heavy (non-hydrogen) atoms. The van der Waals surface area contributed by atoms with Crippen LogP contribution in [0.1, 0.15) is 25.3 Å². The lowest BCUT2D eigenvalue weighted by Gasteiger charge is -2.18. The minimum absolute atomic E-state index is 0.0124. The fraction of sp³-hybridized carbons (Fsp3) is 0.222. The van der Waals surface area contributed by atoms with Crippen molar-refractivity contribution in [1.82, 2.24) is 14.5 Å². The van der Waals surface area contributed by atoms with Crippen LogP contribution in [0.25, 0.3) is 44.0 Å². The molecule has 13 heteroatoms. The highest BCUT2D eigenvalue weighted by atomic mass is 32.3. The lowest BCUT2D eigenvalue weighted by Crippen LogP contribution is -2.20. The van der Waals surface area contributed by atoms with Crippen LogP contribution < -0.4 is 10.2 Å².